The largest absolute Gasteiger partial charge is 0.525 e. The molecule has 1 aromatic carbocycles. The summed E-state index contributed by atoms with van der Waals surface area (Å²) in [5.41, 5.74) is 1.75. The van der Waals surface area contributed by atoms with Gasteiger partial charge < -0.3 is 14.7 Å². The van der Waals surface area contributed by atoms with E-state index in [1.807, 2.05) is 6.92 Å². The number of nitro benzene ring substituents is 1. The zero-order valence-electron chi connectivity index (χ0n) is 22.5. The summed E-state index contributed by atoms with van der Waals surface area (Å²) in [5.74, 6) is 0.144. The fraction of sp³-hybridized carbons (Fsp3) is 0.577. The molecule has 2 saturated carbocycles. The van der Waals surface area contributed by atoms with E-state index in [1.54, 1.807) is 19.4 Å². The second-order valence-corrected chi connectivity index (χ2v) is 13.6. The Kier molecular flexibility index (Phi) is 7.77. The maximum absolute atomic E-state index is 12.8. The number of carbonyl (C=O) groups excluding carboxylic acids is 1. The van der Waals surface area contributed by atoms with Gasteiger partial charge in [0.15, 0.2) is 5.13 Å². The molecule has 14 heteroatoms. The summed E-state index contributed by atoms with van der Waals surface area (Å²) in [5, 5.41) is 19.9. The molecule has 2 aromatic rings. The van der Waals surface area contributed by atoms with Crippen molar-refractivity contribution in [1.29, 1.82) is 0 Å². The van der Waals surface area contributed by atoms with Gasteiger partial charge in [0.25, 0.3) is 0 Å². The zero-order valence-corrected chi connectivity index (χ0v) is 24.2. The summed E-state index contributed by atoms with van der Waals surface area (Å²) in [4.78, 5) is 53.2. The van der Waals surface area contributed by atoms with Crippen molar-refractivity contribution in [3.63, 3.8) is 0 Å². The van der Waals surface area contributed by atoms with Gasteiger partial charge in [-0.15, -0.1) is 11.3 Å². The minimum Gasteiger partial charge on any atom is -0.399 e. The molecule has 1 amide bonds. The quantitative estimate of drug-likeness (QED) is 0.208. The monoisotopic (exact) mass is 592 g/mol. The van der Waals surface area contributed by atoms with Gasteiger partial charge in [-0.05, 0) is 80.8 Å². The summed E-state index contributed by atoms with van der Waals surface area (Å²) in [6.07, 6.45) is 6.15. The average molecular weight is 593 g/mol. The van der Waals surface area contributed by atoms with E-state index in [2.05, 4.69) is 22.4 Å². The maximum atomic E-state index is 12.8. The lowest BCUT2D eigenvalue weighted by atomic mass is 9.53. The summed E-state index contributed by atoms with van der Waals surface area (Å²) in [6, 6.07) is 3.03. The number of anilines is 1. The number of aromatic nitrogens is 1. The number of hydrogen-bond donors (Lipinski definition) is 3. The third-order valence-corrected chi connectivity index (χ3v) is 10.2. The molecule has 3 N–H and O–H groups in total. The van der Waals surface area contributed by atoms with Crippen LogP contribution in [0.3, 0.4) is 0 Å². The van der Waals surface area contributed by atoms with E-state index in [9.17, 15) is 29.3 Å². The summed E-state index contributed by atoms with van der Waals surface area (Å²) >= 11 is 1.44. The van der Waals surface area contributed by atoms with E-state index in [4.69, 9.17) is 9.36 Å². The number of amides is 1. The second kappa shape index (κ2) is 10.8. The molecule has 216 valence electrons. The number of nitrogens with one attached hydrogen (secondary N) is 1. The topological polar surface area (TPSA) is 173 Å². The molecule has 0 radical (unpaired) electrons. The molecule has 3 unspecified atom stereocenters. The molecule has 5 atom stereocenters. The zero-order chi connectivity index (χ0) is 28.8. The molecule has 40 heavy (non-hydrogen) atoms. The highest BCUT2D eigenvalue weighted by molar-refractivity contribution is 7.46. The van der Waals surface area contributed by atoms with Gasteiger partial charge in [-0.25, -0.2) is 9.55 Å². The minimum atomic E-state index is -4.97. The molecule has 0 bridgehead atoms. The molecule has 12 nitrogen and oxygen atoms in total. The molecule has 0 aliphatic heterocycles. The molecular weight excluding hydrogens is 559 g/mol. The molecule has 1 aromatic heterocycles. The molecule has 2 fully saturated rings. The van der Waals surface area contributed by atoms with Crippen LogP contribution in [0, 0.1) is 40.2 Å². The first-order valence-corrected chi connectivity index (χ1v) is 15.6. The van der Waals surface area contributed by atoms with Crippen LogP contribution in [0.4, 0.5) is 10.8 Å². The van der Waals surface area contributed by atoms with Gasteiger partial charge >= 0.3 is 13.5 Å². The van der Waals surface area contributed by atoms with Crippen LogP contribution in [0.25, 0.3) is 0 Å². The van der Waals surface area contributed by atoms with Crippen molar-refractivity contribution in [3.05, 3.63) is 44.4 Å². The van der Waals surface area contributed by atoms with Crippen LogP contribution in [0.1, 0.15) is 67.4 Å². The van der Waals surface area contributed by atoms with Crippen molar-refractivity contribution in [2.45, 2.75) is 64.7 Å². The number of nitro groups is 1. The maximum Gasteiger partial charge on any atom is 0.525 e. The van der Waals surface area contributed by atoms with Crippen molar-refractivity contribution in [1.82, 2.24) is 4.98 Å². The number of oxime groups is 1. The number of phosphoric ester groups is 1. The lowest BCUT2D eigenvalue weighted by molar-refractivity contribution is -0.386. The van der Waals surface area contributed by atoms with Crippen LogP contribution in [-0.4, -0.2) is 38.4 Å². The summed E-state index contributed by atoms with van der Waals surface area (Å²) in [6.45, 7) is 4.16. The molecule has 0 saturated heterocycles. The Balaban J connectivity index is 1.43. The van der Waals surface area contributed by atoms with E-state index >= 15 is 0 Å². The number of hydrogen-bond acceptors (Lipinski definition) is 9. The molecule has 3 aliphatic carbocycles. The first-order valence-electron chi connectivity index (χ1n) is 13.3. The van der Waals surface area contributed by atoms with Crippen LogP contribution < -0.4 is 9.84 Å². The second-order valence-electron chi connectivity index (χ2n) is 11.2. The highest BCUT2D eigenvalue weighted by Crippen LogP contribution is 2.63. The number of nitrogens with zero attached hydrogens (tertiary/aromatic N) is 3. The Hall–Kier alpha value is -2.86. The SMILES string of the molecule is CO/N=C1\C[C@@H](CCC(=O)Nc2ncc(C)s2)C2C3CCc4c(ccc(OP(=O)(O)O)c4[N+](=O)[O-])C3CC[C@]12C. The van der Waals surface area contributed by atoms with E-state index in [-0.39, 0.29) is 40.7 Å². The predicted octanol–water partition coefficient (Wildman–Crippen LogP) is 5.33. The van der Waals surface area contributed by atoms with Crippen LogP contribution in [0.5, 0.6) is 5.75 Å². The molecular formula is C26H33N4O8PS. The van der Waals surface area contributed by atoms with Gasteiger partial charge in [-0.2, -0.15) is 0 Å². The smallest absolute Gasteiger partial charge is 0.399 e. The van der Waals surface area contributed by atoms with E-state index in [0.29, 0.717) is 36.4 Å². The predicted molar refractivity (Wildman–Crippen MR) is 148 cm³/mol. The third-order valence-electron chi connectivity index (χ3n) is 8.93. The highest BCUT2D eigenvalue weighted by atomic mass is 32.1. The standard InChI is InChI=1S/C26H33N4O8PS/c1-14-13-27-25(40-14)28-22(31)9-4-15-12-21(29-37-3)26(2)11-10-17-16-7-8-20(38-39(34,35)36)24(30(32)33)19(16)6-5-18(17)23(15)26/h7-8,13,15,17-18,23H,4-6,9-12H2,1-3H3,(H,27,28,31)(H2,34,35,36)/b29-21+/t15-,17?,18?,23?,26-/m1/s1. The lowest BCUT2D eigenvalue weighted by Gasteiger charge is -2.50. The van der Waals surface area contributed by atoms with Gasteiger partial charge in [0.2, 0.25) is 11.7 Å². The van der Waals surface area contributed by atoms with Crippen molar-refractivity contribution >= 4 is 41.6 Å². The normalized spacial score (nSPS) is 28.4. The van der Waals surface area contributed by atoms with Gasteiger partial charge in [-0.1, -0.05) is 18.1 Å². The Morgan fingerprint density at radius 3 is 2.80 bits per heavy atom. The van der Waals surface area contributed by atoms with Crippen molar-refractivity contribution in [2.24, 2.45) is 28.3 Å². The van der Waals surface area contributed by atoms with Gasteiger partial charge in [-0.3, -0.25) is 24.7 Å². The lowest BCUT2D eigenvalue weighted by Crippen LogP contribution is -2.44. The summed E-state index contributed by atoms with van der Waals surface area (Å²) in [7, 11) is -3.42. The summed E-state index contributed by atoms with van der Waals surface area (Å²) < 4.78 is 16.2. The van der Waals surface area contributed by atoms with E-state index in [0.717, 1.165) is 35.4 Å². The van der Waals surface area contributed by atoms with Crippen LogP contribution in [0.2, 0.25) is 0 Å². The van der Waals surface area contributed by atoms with Crippen LogP contribution in [-0.2, 0) is 20.6 Å². The van der Waals surface area contributed by atoms with E-state index in [1.165, 1.54) is 17.4 Å². The number of thiazole rings is 1. The Labute approximate surface area is 235 Å². The highest BCUT2D eigenvalue weighted by Gasteiger charge is 2.58. The molecule has 3 aliphatic rings. The number of phosphoric acid groups is 1. The third kappa shape index (κ3) is 5.39. The fourth-order valence-electron chi connectivity index (χ4n) is 7.54. The average Bonchev–Trinajstić information content (AvgIpc) is 3.41. The number of rotatable bonds is 8. The Bertz CT molecular complexity index is 1410. The van der Waals surface area contributed by atoms with Gasteiger partial charge in [0.1, 0.15) is 7.11 Å². The Morgan fingerprint density at radius 1 is 1.38 bits per heavy atom. The van der Waals surface area contributed by atoms with Crippen LogP contribution in [0.15, 0.2) is 23.5 Å². The number of carbonyl (C=O) groups is 1. The first kappa shape index (κ1) is 28.7. The van der Waals surface area contributed by atoms with Crippen molar-refractivity contribution < 1.29 is 33.4 Å². The Morgan fingerprint density at radius 2 is 2.15 bits per heavy atom. The molecule has 5 rings (SSSR count). The number of aryl methyl sites for hydroxylation is 1. The van der Waals surface area contributed by atoms with Gasteiger partial charge in [0.05, 0.1) is 10.6 Å². The molecule has 1 heterocycles. The fourth-order valence-corrected chi connectivity index (χ4v) is 8.62. The minimum absolute atomic E-state index is 0.0427. The first-order chi connectivity index (χ1) is 18.9. The van der Waals surface area contributed by atoms with E-state index < -0.39 is 18.5 Å². The van der Waals surface area contributed by atoms with Crippen molar-refractivity contribution in [2.75, 3.05) is 12.4 Å². The molecule has 0 spiro atoms. The number of fused-ring (bicyclic) bond motifs is 5. The van der Waals surface area contributed by atoms with Gasteiger partial charge in [0, 0.05) is 28.5 Å². The van der Waals surface area contributed by atoms with Crippen LogP contribution >= 0.6 is 19.2 Å². The van der Waals surface area contributed by atoms with Crippen molar-refractivity contribution in [3.8, 4) is 5.75 Å². The number of benzene rings is 1.